The van der Waals surface area contributed by atoms with Crippen LogP contribution in [0.25, 0.3) is 11.3 Å². The zero-order chi connectivity index (χ0) is 13.3. The largest absolute Gasteiger partial charge is 0.417 e. The molecule has 0 atom stereocenters. The van der Waals surface area contributed by atoms with Crippen molar-refractivity contribution < 1.29 is 13.2 Å². The monoisotopic (exact) mass is 379 g/mol. The summed E-state index contributed by atoms with van der Waals surface area (Å²) in [5.74, 6) is 0. The van der Waals surface area contributed by atoms with Crippen molar-refractivity contribution in [2.75, 3.05) is 0 Å². The van der Waals surface area contributed by atoms with Gasteiger partial charge in [-0.15, -0.1) is 0 Å². The number of rotatable bonds is 1. The molecule has 0 bridgehead atoms. The van der Waals surface area contributed by atoms with E-state index in [-0.39, 0.29) is 11.3 Å². The van der Waals surface area contributed by atoms with E-state index in [4.69, 9.17) is 0 Å². The maximum atomic E-state index is 12.9. The lowest BCUT2D eigenvalue weighted by atomic mass is 10.0. The first-order chi connectivity index (χ1) is 8.41. The molecule has 2 aromatic rings. The van der Waals surface area contributed by atoms with Gasteiger partial charge in [0, 0.05) is 16.2 Å². The summed E-state index contributed by atoms with van der Waals surface area (Å²) in [5.41, 5.74) is -0.383. The number of nitrogens with zero attached hydrogens (tertiary/aromatic N) is 1. The van der Waals surface area contributed by atoms with Crippen LogP contribution in [0.1, 0.15) is 5.56 Å². The van der Waals surface area contributed by atoms with Crippen LogP contribution < -0.4 is 0 Å². The molecule has 0 N–H and O–H groups in total. The molecular formula is C12H6Br2F3N. The average Bonchev–Trinajstić information content (AvgIpc) is 2.32. The lowest BCUT2D eigenvalue weighted by Gasteiger charge is -2.13. The third-order valence-electron chi connectivity index (χ3n) is 2.33. The van der Waals surface area contributed by atoms with Gasteiger partial charge in [0.1, 0.15) is 0 Å². The van der Waals surface area contributed by atoms with Crippen molar-refractivity contribution in [3.05, 3.63) is 51.0 Å². The van der Waals surface area contributed by atoms with Crippen LogP contribution in [0.3, 0.4) is 0 Å². The van der Waals surface area contributed by atoms with Gasteiger partial charge >= 0.3 is 6.18 Å². The number of hydrogen-bond acceptors (Lipinski definition) is 1. The van der Waals surface area contributed by atoms with Crippen LogP contribution in [-0.4, -0.2) is 4.98 Å². The minimum atomic E-state index is -4.40. The fraction of sp³-hybridized carbons (Fsp3) is 0.0833. The summed E-state index contributed by atoms with van der Waals surface area (Å²) < 4.78 is 39.9. The molecule has 0 radical (unpaired) electrons. The quantitative estimate of drug-likeness (QED) is 0.654. The Kier molecular flexibility index (Phi) is 3.77. The maximum Gasteiger partial charge on any atom is 0.417 e. The number of pyridine rings is 1. The summed E-state index contributed by atoms with van der Waals surface area (Å²) in [6.45, 7) is 0. The van der Waals surface area contributed by atoms with Crippen molar-refractivity contribution in [3.63, 3.8) is 0 Å². The third-order valence-corrected chi connectivity index (χ3v) is 4.33. The van der Waals surface area contributed by atoms with Crippen molar-refractivity contribution in [2.24, 2.45) is 0 Å². The van der Waals surface area contributed by atoms with E-state index in [2.05, 4.69) is 36.8 Å². The molecule has 0 aliphatic rings. The van der Waals surface area contributed by atoms with Crippen molar-refractivity contribution >= 4 is 31.9 Å². The zero-order valence-electron chi connectivity index (χ0n) is 8.80. The van der Waals surface area contributed by atoms with E-state index in [1.165, 1.54) is 18.3 Å². The van der Waals surface area contributed by atoms with Crippen LogP contribution in [0.5, 0.6) is 0 Å². The van der Waals surface area contributed by atoms with E-state index in [9.17, 15) is 13.2 Å². The third kappa shape index (κ3) is 2.59. The fourth-order valence-electron chi connectivity index (χ4n) is 1.54. The molecule has 0 amide bonds. The van der Waals surface area contributed by atoms with Crippen molar-refractivity contribution in [2.45, 2.75) is 6.18 Å². The van der Waals surface area contributed by atoms with E-state index >= 15 is 0 Å². The lowest BCUT2D eigenvalue weighted by molar-refractivity contribution is -0.137. The van der Waals surface area contributed by atoms with Crippen LogP contribution in [-0.2, 0) is 6.18 Å². The van der Waals surface area contributed by atoms with Gasteiger partial charge in [0.25, 0.3) is 0 Å². The molecule has 1 heterocycles. The Labute approximate surface area is 118 Å². The van der Waals surface area contributed by atoms with E-state index in [0.717, 1.165) is 6.07 Å². The molecule has 0 aliphatic carbocycles. The molecule has 6 heteroatoms. The Bertz CT molecular complexity index is 582. The standard InChI is InChI=1S/C12H6Br2F3N/c13-9-5-6-18-11(10(9)14)7-3-1-2-4-8(7)12(15,16)17/h1-6H. The number of alkyl halides is 3. The van der Waals surface area contributed by atoms with Gasteiger partial charge in [-0.3, -0.25) is 4.98 Å². The van der Waals surface area contributed by atoms with Crippen LogP contribution in [0.2, 0.25) is 0 Å². The first-order valence-corrected chi connectivity index (χ1v) is 6.46. The molecule has 0 spiro atoms. The lowest BCUT2D eigenvalue weighted by Crippen LogP contribution is -2.07. The molecule has 1 aromatic carbocycles. The van der Waals surface area contributed by atoms with E-state index in [0.29, 0.717) is 8.95 Å². The van der Waals surface area contributed by atoms with Crippen LogP contribution >= 0.6 is 31.9 Å². The van der Waals surface area contributed by atoms with Gasteiger partial charge in [-0.1, -0.05) is 18.2 Å². The second kappa shape index (κ2) is 5.01. The molecule has 0 fully saturated rings. The van der Waals surface area contributed by atoms with E-state index in [1.54, 1.807) is 12.1 Å². The molecule has 94 valence electrons. The highest BCUT2D eigenvalue weighted by Gasteiger charge is 2.34. The molecule has 18 heavy (non-hydrogen) atoms. The zero-order valence-corrected chi connectivity index (χ0v) is 12.0. The number of aromatic nitrogens is 1. The first kappa shape index (κ1) is 13.5. The fourth-order valence-corrected chi connectivity index (χ4v) is 2.30. The normalized spacial score (nSPS) is 11.6. The second-order valence-electron chi connectivity index (χ2n) is 3.50. The van der Waals surface area contributed by atoms with E-state index < -0.39 is 11.7 Å². The van der Waals surface area contributed by atoms with Crippen molar-refractivity contribution in [1.29, 1.82) is 0 Å². The van der Waals surface area contributed by atoms with Gasteiger partial charge in [-0.25, -0.2) is 0 Å². The smallest absolute Gasteiger partial charge is 0.255 e. The summed E-state index contributed by atoms with van der Waals surface area (Å²) in [6.07, 6.45) is -2.95. The maximum absolute atomic E-state index is 12.9. The molecule has 2 rings (SSSR count). The highest BCUT2D eigenvalue weighted by atomic mass is 79.9. The van der Waals surface area contributed by atoms with Crippen LogP contribution in [0, 0.1) is 0 Å². The number of hydrogen-bond donors (Lipinski definition) is 0. The Hall–Kier alpha value is -0.880. The van der Waals surface area contributed by atoms with Crippen LogP contribution in [0.4, 0.5) is 13.2 Å². The summed E-state index contributed by atoms with van der Waals surface area (Å²) in [4.78, 5) is 4.01. The van der Waals surface area contributed by atoms with Crippen LogP contribution in [0.15, 0.2) is 45.5 Å². The second-order valence-corrected chi connectivity index (χ2v) is 5.15. The molecule has 0 aliphatic heterocycles. The predicted octanol–water partition coefficient (Wildman–Crippen LogP) is 5.29. The summed E-state index contributed by atoms with van der Waals surface area (Å²) in [7, 11) is 0. The van der Waals surface area contributed by atoms with Crippen molar-refractivity contribution in [1.82, 2.24) is 4.98 Å². The van der Waals surface area contributed by atoms with Crippen molar-refractivity contribution in [3.8, 4) is 11.3 Å². The highest BCUT2D eigenvalue weighted by molar-refractivity contribution is 9.13. The van der Waals surface area contributed by atoms with Gasteiger partial charge in [-0.2, -0.15) is 13.2 Å². The van der Waals surface area contributed by atoms with Gasteiger partial charge in [0.2, 0.25) is 0 Å². The Morgan fingerprint density at radius 1 is 1.00 bits per heavy atom. The summed E-state index contributed by atoms with van der Waals surface area (Å²) in [6, 6.07) is 7.02. The summed E-state index contributed by atoms with van der Waals surface area (Å²) >= 11 is 6.49. The molecule has 0 saturated heterocycles. The minimum absolute atomic E-state index is 0.0539. The van der Waals surface area contributed by atoms with Gasteiger partial charge in [0.05, 0.1) is 15.7 Å². The number of benzene rings is 1. The Morgan fingerprint density at radius 3 is 2.33 bits per heavy atom. The molecule has 1 nitrogen and oxygen atoms in total. The molecular weight excluding hydrogens is 375 g/mol. The molecule has 0 unspecified atom stereocenters. The Morgan fingerprint density at radius 2 is 1.67 bits per heavy atom. The average molecular weight is 381 g/mol. The van der Waals surface area contributed by atoms with Gasteiger partial charge in [-0.05, 0) is 44.0 Å². The number of halogens is 5. The van der Waals surface area contributed by atoms with E-state index in [1.807, 2.05) is 0 Å². The first-order valence-electron chi connectivity index (χ1n) is 4.88. The topological polar surface area (TPSA) is 12.9 Å². The highest BCUT2D eigenvalue weighted by Crippen LogP contribution is 2.40. The predicted molar refractivity (Wildman–Crippen MR) is 70.1 cm³/mol. The SMILES string of the molecule is FC(F)(F)c1ccccc1-c1nccc(Br)c1Br. The molecule has 0 saturated carbocycles. The Balaban J connectivity index is 2.69. The molecule has 1 aromatic heterocycles. The summed E-state index contributed by atoms with van der Waals surface area (Å²) in [5, 5.41) is 0. The van der Waals surface area contributed by atoms with Gasteiger partial charge < -0.3 is 0 Å². The van der Waals surface area contributed by atoms with Gasteiger partial charge in [0.15, 0.2) is 0 Å². The minimum Gasteiger partial charge on any atom is -0.255 e.